The van der Waals surface area contributed by atoms with Crippen LogP contribution in [0.1, 0.15) is 70.6 Å². The topological polar surface area (TPSA) is 93.1 Å². The van der Waals surface area contributed by atoms with Crippen molar-refractivity contribution in [3.8, 4) is 5.75 Å². The van der Waals surface area contributed by atoms with E-state index in [0.29, 0.717) is 55.4 Å². The van der Waals surface area contributed by atoms with Crippen molar-refractivity contribution in [2.75, 3.05) is 26.4 Å². The Hall–Kier alpha value is -3.27. The first-order valence-corrected chi connectivity index (χ1v) is 15.8. The maximum atomic E-state index is 13.5. The van der Waals surface area contributed by atoms with E-state index < -0.39 is 17.8 Å². The predicted molar refractivity (Wildman–Crippen MR) is 171 cm³/mol. The van der Waals surface area contributed by atoms with Crippen molar-refractivity contribution in [2.45, 2.75) is 39.5 Å². The summed E-state index contributed by atoms with van der Waals surface area (Å²) in [6, 6.07) is 11.1. The zero-order chi connectivity index (χ0) is 29.7. The molecule has 0 bridgehead atoms. The monoisotopic (exact) mass is 693 g/mol. The van der Waals surface area contributed by atoms with E-state index in [4.69, 9.17) is 9.47 Å². The second-order valence-electron chi connectivity index (χ2n) is 10.5. The maximum Gasteiger partial charge on any atom is 0.338 e. The number of aliphatic hydroxyl groups excluding tert-OH is 1. The zero-order valence-electron chi connectivity index (χ0n) is 23.3. The lowest BCUT2D eigenvalue weighted by atomic mass is 9.84. The number of hydrogen-bond donors (Lipinski definition) is 1. The number of nitrogens with zero attached hydrogens (tertiary/aromatic N) is 1. The number of carbonyl (C=O) groups excluding carboxylic acids is 3. The molecule has 1 aliphatic heterocycles. The number of amides is 2. The molecule has 42 heavy (non-hydrogen) atoms. The summed E-state index contributed by atoms with van der Waals surface area (Å²) in [5.74, 6) is -0.677. The van der Waals surface area contributed by atoms with E-state index in [1.54, 1.807) is 18.2 Å². The molecule has 9 heteroatoms. The molecule has 5 aromatic rings. The molecule has 0 radical (unpaired) electrons. The molecule has 5 aromatic carbocycles. The van der Waals surface area contributed by atoms with E-state index in [1.165, 1.54) is 0 Å². The van der Waals surface area contributed by atoms with Crippen LogP contribution in [-0.4, -0.2) is 54.2 Å². The number of unbranched alkanes of at least 4 members (excludes halogenated alkanes) is 2. The molecule has 216 valence electrons. The lowest BCUT2D eigenvalue weighted by molar-refractivity contribution is 0.0500. The molecule has 1 N–H and O–H groups in total. The van der Waals surface area contributed by atoms with Crippen LogP contribution < -0.4 is 4.74 Å². The summed E-state index contributed by atoms with van der Waals surface area (Å²) in [7, 11) is 0. The fraction of sp³-hybridized carbons (Fsp3) is 0.303. The Morgan fingerprint density at radius 3 is 2.10 bits per heavy atom. The van der Waals surface area contributed by atoms with Gasteiger partial charge >= 0.3 is 5.97 Å². The Kier molecular flexibility index (Phi) is 7.85. The predicted octanol–water partition coefficient (Wildman–Crippen LogP) is 7.99. The van der Waals surface area contributed by atoms with Crippen molar-refractivity contribution in [3.05, 3.63) is 62.0 Å². The fourth-order valence-electron chi connectivity index (χ4n) is 6.00. The molecule has 2 amide bonds. The van der Waals surface area contributed by atoms with E-state index in [1.807, 2.05) is 25.1 Å². The van der Waals surface area contributed by atoms with Gasteiger partial charge in [0.25, 0.3) is 11.8 Å². The highest BCUT2D eigenvalue weighted by atomic mass is 79.9. The minimum Gasteiger partial charge on any atom is -0.493 e. The Balaban J connectivity index is 1.74. The second kappa shape index (κ2) is 11.4. The van der Waals surface area contributed by atoms with E-state index in [9.17, 15) is 19.5 Å². The van der Waals surface area contributed by atoms with Crippen LogP contribution >= 0.6 is 31.9 Å². The molecule has 0 unspecified atom stereocenters. The number of benzene rings is 5. The Morgan fingerprint density at radius 1 is 0.786 bits per heavy atom. The van der Waals surface area contributed by atoms with Crippen molar-refractivity contribution in [1.29, 1.82) is 0 Å². The summed E-state index contributed by atoms with van der Waals surface area (Å²) < 4.78 is 13.3. The number of carbonyl (C=O) groups is 3. The summed E-state index contributed by atoms with van der Waals surface area (Å²) in [5.41, 5.74) is 1.23. The molecule has 0 saturated carbocycles. The third-order valence-electron chi connectivity index (χ3n) is 7.95. The lowest BCUT2D eigenvalue weighted by Crippen LogP contribution is -2.42. The number of halogens is 2. The van der Waals surface area contributed by atoms with Crippen LogP contribution in [-0.2, 0) is 4.74 Å². The molecular formula is C33H29Br2NO6. The molecular weight excluding hydrogens is 666 g/mol. The van der Waals surface area contributed by atoms with Crippen molar-refractivity contribution in [2.24, 2.45) is 0 Å². The SMILES string of the molecule is CCCCOC(=O)c1cc(Br)c2c3ccc4c5c(cc(Br)c(c6ccc(OCCCC)c1c62)c53)C(=O)N(CCO)C4=O. The van der Waals surface area contributed by atoms with E-state index in [0.717, 1.165) is 62.9 Å². The highest BCUT2D eigenvalue weighted by Gasteiger charge is 2.35. The number of fused-ring (bicyclic) bond motifs is 2. The first-order chi connectivity index (χ1) is 20.3. The molecule has 0 saturated heterocycles. The number of aliphatic hydroxyl groups is 1. The van der Waals surface area contributed by atoms with Gasteiger partial charge in [-0.05, 0) is 53.9 Å². The van der Waals surface area contributed by atoms with Crippen LogP contribution in [0.5, 0.6) is 5.75 Å². The van der Waals surface area contributed by atoms with Crippen molar-refractivity contribution in [3.63, 3.8) is 0 Å². The fourth-order valence-corrected chi connectivity index (χ4v) is 7.29. The number of ether oxygens (including phenoxy) is 2. The van der Waals surface area contributed by atoms with E-state index in [-0.39, 0.29) is 13.2 Å². The highest BCUT2D eigenvalue weighted by Crippen LogP contribution is 2.50. The number of esters is 1. The minimum atomic E-state index is -0.439. The van der Waals surface area contributed by atoms with Crippen molar-refractivity contribution >= 4 is 92.7 Å². The van der Waals surface area contributed by atoms with Gasteiger partial charge in [0.2, 0.25) is 0 Å². The molecule has 0 atom stereocenters. The third kappa shape index (κ3) is 4.36. The van der Waals surface area contributed by atoms with Gasteiger partial charge < -0.3 is 14.6 Å². The van der Waals surface area contributed by atoms with Crippen LogP contribution in [0.3, 0.4) is 0 Å². The first kappa shape index (κ1) is 28.8. The average molecular weight is 695 g/mol. The molecule has 1 aliphatic rings. The smallest absolute Gasteiger partial charge is 0.338 e. The van der Waals surface area contributed by atoms with Crippen LogP contribution in [0, 0.1) is 0 Å². The van der Waals surface area contributed by atoms with Gasteiger partial charge in [-0.2, -0.15) is 0 Å². The van der Waals surface area contributed by atoms with Gasteiger partial charge in [-0.25, -0.2) is 4.79 Å². The normalized spacial score (nSPS) is 13.3. The standard InChI is InChI=1S/C33H29Br2NO6/c1-3-5-13-41-24-10-9-18-26-22(34)15-20-25-19(31(38)36(11-12-37)32(20)39)8-7-17(29(25)26)27-23(35)16-21(28(24)30(18)27)33(40)42-14-6-4-2/h7-10,15-16,37H,3-6,11-14H2,1-2H3. The third-order valence-corrected chi connectivity index (χ3v) is 9.20. The average Bonchev–Trinajstić information content (AvgIpc) is 2.98. The zero-order valence-corrected chi connectivity index (χ0v) is 26.5. The lowest BCUT2D eigenvalue weighted by Gasteiger charge is -2.29. The summed E-state index contributed by atoms with van der Waals surface area (Å²) in [6.45, 7) is 4.59. The van der Waals surface area contributed by atoms with Crippen LogP contribution in [0.25, 0.3) is 43.1 Å². The van der Waals surface area contributed by atoms with Crippen LogP contribution in [0.2, 0.25) is 0 Å². The van der Waals surface area contributed by atoms with Crippen LogP contribution in [0.15, 0.2) is 45.3 Å². The summed E-state index contributed by atoms with van der Waals surface area (Å²) in [5, 5.41) is 15.8. The van der Waals surface area contributed by atoms with Gasteiger partial charge in [0.05, 0.1) is 31.9 Å². The summed E-state index contributed by atoms with van der Waals surface area (Å²) >= 11 is 7.50. The maximum absolute atomic E-state index is 13.5. The number of rotatable bonds is 10. The quantitative estimate of drug-likeness (QED) is 0.0524. The van der Waals surface area contributed by atoms with E-state index in [2.05, 4.69) is 38.8 Å². The second-order valence-corrected chi connectivity index (χ2v) is 12.2. The summed E-state index contributed by atoms with van der Waals surface area (Å²) in [6.07, 6.45) is 3.53. The van der Waals surface area contributed by atoms with E-state index >= 15 is 0 Å². The van der Waals surface area contributed by atoms with Crippen molar-refractivity contribution in [1.82, 2.24) is 4.90 Å². The summed E-state index contributed by atoms with van der Waals surface area (Å²) in [4.78, 5) is 41.5. The first-order valence-electron chi connectivity index (χ1n) is 14.2. The Morgan fingerprint density at radius 2 is 1.40 bits per heavy atom. The van der Waals surface area contributed by atoms with Crippen molar-refractivity contribution < 1.29 is 29.0 Å². The number of β-amino-alcohol motifs (C(OH)–C–C–N with tert-alkyl or cyclic N) is 1. The molecule has 6 rings (SSSR count). The molecule has 0 fully saturated rings. The van der Waals surface area contributed by atoms with Gasteiger partial charge in [-0.3, -0.25) is 14.5 Å². The van der Waals surface area contributed by atoms with Gasteiger partial charge in [0.15, 0.2) is 0 Å². The minimum absolute atomic E-state index is 0.0780. The van der Waals surface area contributed by atoms with Gasteiger partial charge in [0.1, 0.15) is 5.75 Å². The van der Waals surface area contributed by atoms with Crippen LogP contribution in [0.4, 0.5) is 0 Å². The van der Waals surface area contributed by atoms with Gasteiger partial charge in [-0.15, -0.1) is 0 Å². The molecule has 0 aromatic heterocycles. The number of imide groups is 1. The van der Waals surface area contributed by atoms with Gasteiger partial charge in [0, 0.05) is 52.4 Å². The molecule has 1 heterocycles. The Labute approximate surface area is 259 Å². The molecule has 7 nitrogen and oxygen atoms in total. The number of hydrogen-bond acceptors (Lipinski definition) is 6. The molecule has 0 spiro atoms. The molecule has 0 aliphatic carbocycles. The largest absolute Gasteiger partial charge is 0.493 e. The highest BCUT2D eigenvalue weighted by molar-refractivity contribution is 9.11. The van der Waals surface area contributed by atoms with Gasteiger partial charge in [-0.1, -0.05) is 64.6 Å². The Bertz CT molecular complexity index is 1920.